The summed E-state index contributed by atoms with van der Waals surface area (Å²) in [5.41, 5.74) is 2.22. The Morgan fingerprint density at radius 3 is 2.00 bits per heavy atom. The summed E-state index contributed by atoms with van der Waals surface area (Å²) >= 11 is 7.02. The fourth-order valence-electron chi connectivity index (χ4n) is 2.45. The van der Waals surface area contributed by atoms with Crippen LogP contribution in [0.5, 0.6) is 11.5 Å². The van der Waals surface area contributed by atoms with Gasteiger partial charge in [0.2, 0.25) is 0 Å². The molecule has 0 amide bonds. The third-order valence-electron chi connectivity index (χ3n) is 3.98. The summed E-state index contributed by atoms with van der Waals surface area (Å²) in [6.07, 6.45) is 0. The zero-order valence-corrected chi connectivity index (χ0v) is 18.0. The van der Waals surface area contributed by atoms with Crippen molar-refractivity contribution in [3.8, 4) is 11.5 Å². The van der Waals surface area contributed by atoms with Crippen molar-refractivity contribution in [1.82, 2.24) is 0 Å². The van der Waals surface area contributed by atoms with Gasteiger partial charge in [0.1, 0.15) is 11.5 Å². The van der Waals surface area contributed by atoms with E-state index in [-0.39, 0.29) is 16.6 Å². The van der Waals surface area contributed by atoms with Gasteiger partial charge in [-0.15, -0.1) is 0 Å². The molecule has 0 aliphatic heterocycles. The molecule has 1 N–H and O–H groups in total. The molecule has 0 atom stereocenters. The predicted octanol–water partition coefficient (Wildman–Crippen LogP) is 6.67. The van der Waals surface area contributed by atoms with E-state index in [1.54, 1.807) is 6.07 Å². The molecule has 4 heteroatoms. The molecule has 2 rings (SSSR count). The molecule has 0 heterocycles. The number of halogens is 2. The van der Waals surface area contributed by atoms with Gasteiger partial charge in [0.25, 0.3) is 0 Å². The van der Waals surface area contributed by atoms with Crippen LogP contribution in [0.25, 0.3) is 0 Å². The van der Waals surface area contributed by atoms with Crippen LogP contribution in [0, 0.1) is 5.41 Å². The summed E-state index contributed by atoms with van der Waals surface area (Å²) in [4.78, 5) is 0. The van der Waals surface area contributed by atoms with Crippen LogP contribution in [-0.2, 0) is 5.41 Å². The molecule has 2 aromatic rings. The number of rotatable bonds is 4. The van der Waals surface area contributed by atoms with E-state index in [2.05, 4.69) is 78.6 Å². The second-order valence-electron chi connectivity index (χ2n) is 7.76. The fraction of sp³-hybridized carbons (Fsp3) is 0.400. The quantitative estimate of drug-likeness (QED) is 0.557. The average Bonchev–Trinajstić information content (AvgIpc) is 2.50. The molecule has 130 valence electrons. The first-order valence-corrected chi connectivity index (χ1v) is 9.52. The minimum absolute atomic E-state index is 0.140. The van der Waals surface area contributed by atoms with Gasteiger partial charge >= 0.3 is 0 Å². The highest BCUT2D eigenvalue weighted by Gasteiger charge is 2.27. The first kappa shape index (κ1) is 19.3. The Hall–Kier alpha value is -1.00. The summed E-state index contributed by atoms with van der Waals surface area (Å²) < 4.78 is 7.41. The number of hydrogen-bond acceptors (Lipinski definition) is 2. The number of phenolic OH excluding ortho intramolecular Hbond substituents is 1. The van der Waals surface area contributed by atoms with Crippen molar-refractivity contribution in [3.63, 3.8) is 0 Å². The number of benzene rings is 2. The third kappa shape index (κ3) is 4.34. The number of hydrogen-bond donors (Lipinski definition) is 1. The monoisotopic (exact) mass is 454 g/mol. The van der Waals surface area contributed by atoms with Gasteiger partial charge in [0, 0.05) is 9.89 Å². The summed E-state index contributed by atoms with van der Waals surface area (Å²) in [7, 11) is 0. The Morgan fingerprint density at radius 2 is 1.46 bits per heavy atom. The van der Waals surface area contributed by atoms with Crippen LogP contribution < -0.4 is 4.74 Å². The SMILES string of the molecule is CC(C)(C)COc1ccc(C(C)(C)c2ccc(O)c(Br)c2Br)cc1. The van der Waals surface area contributed by atoms with Gasteiger partial charge < -0.3 is 9.84 Å². The number of ether oxygens (including phenoxy) is 1. The van der Waals surface area contributed by atoms with E-state index in [0.29, 0.717) is 11.1 Å². The van der Waals surface area contributed by atoms with Crippen LogP contribution in [0.15, 0.2) is 45.3 Å². The molecule has 0 aliphatic carbocycles. The van der Waals surface area contributed by atoms with Gasteiger partial charge in [-0.3, -0.25) is 0 Å². The minimum atomic E-state index is -0.211. The summed E-state index contributed by atoms with van der Waals surface area (Å²) in [5.74, 6) is 1.11. The van der Waals surface area contributed by atoms with E-state index < -0.39 is 0 Å². The van der Waals surface area contributed by atoms with Crippen molar-refractivity contribution in [1.29, 1.82) is 0 Å². The average molecular weight is 456 g/mol. The molecule has 0 saturated carbocycles. The number of aromatic hydroxyl groups is 1. The largest absolute Gasteiger partial charge is 0.507 e. The van der Waals surface area contributed by atoms with E-state index in [9.17, 15) is 5.11 Å². The van der Waals surface area contributed by atoms with Gasteiger partial charge in [-0.25, -0.2) is 0 Å². The normalized spacial score (nSPS) is 12.3. The molecule has 2 aromatic carbocycles. The van der Waals surface area contributed by atoms with Gasteiger partial charge in [0.05, 0.1) is 11.1 Å². The third-order valence-corrected chi connectivity index (χ3v) is 6.14. The lowest BCUT2D eigenvalue weighted by Crippen LogP contribution is -2.20. The van der Waals surface area contributed by atoms with E-state index >= 15 is 0 Å². The van der Waals surface area contributed by atoms with Crippen LogP contribution in [0.2, 0.25) is 0 Å². The van der Waals surface area contributed by atoms with Gasteiger partial charge in [0.15, 0.2) is 0 Å². The maximum Gasteiger partial charge on any atom is 0.130 e. The minimum Gasteiger partial charge on any atom is -0.507 e. The fourth-order valence-corrected chi connectivity index (χ4v) is 3.62. The van der Waals surface area contributed by atoms with Gasteiger partial charge in [-0.05, 0) is 66.6 Å². The summed E-state index contributed by atoms with van der Waals surface area (Å²) in [6.45, 7) is 11.5. The lowest BCUT2D eigenvalue weighted by molar-refractivity contribution is 0.198. The smallest absolute Gasteiger partial charge is 0.130 e. The van der Waals surface area contributed by atoms with Crippen molar-refractivity contribution in [3.05, 3.63) is 56.5 Å². The lowest BCUT2D eigenvalue weighted by Gasteiger charge is -2.28. The summed E-state index contributed by atoms with van der Waals surface area (Å²) in [6, 6.07) is 11.9. The van der Waals surface area contributed by atoms with E-state index in [0.717, 1.165) is 15.8 Å². The first-order chi connectivity index (χ1) is 11.0. The molecule has 0 bridgehead atoms. The van der Waals surface area contributed by atoms with Crippen LogP contribution in [0.1, 0.15) is 45.7 Å². The molecule has 0 aliphatic rings. The molecule has 0 radical (unpaired) electrons. The van der Waals surface area contributed by atoms with E-state index in [4.69, 9.17) is 4.74 Å². The van der Waals surface area contributed by atoms with Crippen molar-refractivity contribution in [2.45, 2.75) is 40.0 Å². The predicted molar refractivity (Wildman–Crippen MR) is 107 cm³/mol. The molecule has 0 unspecified atom stereocenters. The maximum atomic E-state index is 9.83. The Labute approximate surface area is 161 Å². The van der Waals surface area contributed by atoms with Crippen LogP contribution in [-0.4, -0.2) is 11.7 Å². The van der Waals surface area contributed by atoms with Gasteiger partial charge in [-0.2, -0.15) is 0 Å². The van der Waals surface area contributed by atoms with Crippen molar-refractivity contribution < 1.29 is 9.84 Å². The highest BCUT2D eigenvalue weighted by Crippen LogP contribution is 2.42. The van der Waals surface area contributed by atoms with E-state index in [1.165, 1.54) is 5.56 Å². The maximum absolute atomic E-state index is 9.83. The molecule has 24 heavy (non-hydrogen) atoms. The number of phenols is 1. The van der Waals surface area contributed by atoms with E-state index in [1.807, 2.05) is 18.2 Å². The Morgan fingerprint density at radius 1 is 0.875 bits per heavy atom. The Bertz CT molecular complexity index is 714. The molecular weight excluding hydrogens is 432 g/mol. The van der Waals surface area contributed by atoms with Crippen molar-refractivity contribution in [2.24, 2.45) is 5.41 Å². The zero-order chi connectivity index (χ0) is 18.1. The second kappa shape index (κ2) is 7.09. The highest BCUT2D eigenvalue weighted by atomic mass is 79.9. The summed E-state index contributed by atoms with van der Waals surface area (Å²) in [5, 5.41) is 9.83. The van der Waals surface area contributed by atoms with Crippen molar-refractivity contribution >= 4 is 31.9 Å². The molecule has 0 spiro atoms. The molecule has 2 nitrogen and oxygen atoms in total. The molecular formula is C20H24Br2O2. The van der Waals surface area contributed by atoms with Crippen molar-refractivity contribution in [2.75, 3.05) is 6.61 Å². The zero-order valence-electron chi connectivity index (χ0n) is 14.8. The Kier molecular flexibility index (Phi) is 5.71. The first-order valence-electron chi connectivity index (χ1n) is 7.93. The standard InChI is InChI=1S/C20H24Br2O2/c1-19(2,3)12-24-14-8-6-13(7-9-14)20(4,5)15-10-11-16(23)18(22)17(15)21/h6-11,23H,12H2,1-5H3. The molecule has 0 aromatic heterocycles. The van der Waals surface area contributed by atoms with Crippen LogP contribution >= 0.6 is 31.9 Å². The second-order valence-corrected chi connectivity index (χ2v) is 9.34. The molecule has 0 saturated heterocycles. The van der Waals surface area contributed by atoms with Crippen LogP contribution in [0.4, 0.5) is 0 Å². The van der Waals surface area contributed by atoms with Gasteiger partial charge in [-0.1, -0.05) is 52.8 Å². The topological polar surface area (TPSA) is 29.5 Å². The van der Waals surface area contributed by atoms with Crippen LogP contribution in [0.3, 0.4) is 0 Å². The lowest BCUT2D eigenvalue weighted by atomic mass is 9.78. The highest BCUT2D eigenvalue weighted by molar-refractivity contribution is 9.13. The Balaban J connectivity index is 2.28. The molecule has 0 fully saturated rings.